The standard InChI is InChI=1S/C15H21NO5/c1-9(17)4-5-10-7-11-12(15(10)20)8-13(11)16-21-6-2-3-14(18)19/h9-10,12,15-17,20H,2-3,6-8H2,1H3,(H,18,19). The number of hydroxylamine groups is 1. The van der Waals surface area contributed by atoms with Crippen LogP contribution >= 0.6 is 0 Å². The van der Waals surface area contributed by atoms with Crippen LogP contribution in [-0.4, -0.2) is 40.1 Å². The number of fused-ring (bicyclic) bond motifs is 1. The van der Waals surface area contributed by atoms with E-state index in [-0.39, 0.29) is 18.3 Å². The van der Waals surface area contributed by atoms with Crippen molar-refractivity contribution in [2.24, 2.45) is 11.8 Å². The van der Waals surface area contributed by atoms with Crippen molar-refractivity contribution in [3.8, 4) is 11.8 Å². The lowest BCUT2D eigenvalue weighted by Crippen LogP contribution is -2.32. The van der Waals surface area contributed by atoms with E-state index in [1.165, 1.54) is 0 Å². The number of hydrogen-bond acceptors (Lipinski definition) is 5. The zero-order chi connectivity index (χ0) is 15.4. The highest BCUT2D eigenvalue weighted by Crippen LogP contribution is 2.48. The lowest BCUT2D eigenvalue weighted by molar-refractivity contribution is -0.137. The second-order valence-electron chi connectivity index (χ2n) is 5.53. The minimum atomic E-state index is -0.831. The molecule has 1 saturated carbocycles. The molecule has 2 rings (SSSR count). The minimum Gasteiger partial charge on any atom is -0.481 e. The van der Waals surface area contributed by atoms with E-state index < -0.39 is 18.2 Å². The SMILES string of the molecule is CC(O)C#CC1CC2=C(NOCCCC(=O)O)CC2C1O. The second kappa shape index (κ2) is 6.94. The normalized spacial score (nSPS) is 28.2. The van der Waals surface area contributed by atoms with E-state index in [4.69, 9.17) is 15.1 Å². The summed E-state index contributed by atoms with van der Waals surface area (Å²) in [6.07, 6.45) is 0.795. The molecule has 2 aliphatic rings. The summed E-state index contributed by atoms with van der Waals surface area (Å²) in [6.45, 7) is 1.93. The maximum Gasteiger partial charge on any atom is 0.303 e. The van der Waals surface area contributed by atoms with E-state index in [1.807, 2.05) is 0 Å². The maximum absolute atomic E-state index is 10.4. The molecule has 0 amide bonds. The molecule has 116 valence electrons. The lowest BCUT2D eigenvalue weighted by Gasteiger charge is -2.30. The molecular formula is C15H21NO5. The predicted molar refractivity (Wildman–Crippen MR) is 74.7 cm³/mol. The molecule has 6 heteroatoms. The molecule has 0 bridgehead atoms. The summed E-state index contributed by atoms with van der Waals surface area (Å²) >= 11 is 0. The van der Waals surface area contributed by atoms with E-state index in [0.717, 1.165) is 17.7 Å². The Balaban J connectivity index is 1.79. The summed E-state index contributed by atoms with van der Waals surface area (Å²) in [7, 11) is 0. The number of carboxylic acid groups (broad SMARTS) is 1. The fourth-order valence-electron chi connectivity index (χ4n) is 2.71. The van der Waals surface area contributed by atoms with Gasteiger partial charge < -0.3 is 15.3 Å². The number of carboxylic acids is 1. The zero-order valence-electron chi connectivity index (χ0n) is 12.0. The molecule has 0 aliphatic heterocycles. The third-order valence-corrected chi connectivity index (χ3v) is 3.83. The molecule has 0 spiro atoms. The smallest absolute Gasteiger partial charge is 0.303 e. The van der Waals surface area contributed by atoms with Crippen molar-refractivity contribution in [3.63, 3.8) is 0 Å². The minimum absolute atomic E-state index is 0.0892. The summed E-state index contributed by atoms with van der Waals surface area (Å²) in [5, 5.41) is 27.8. The Morgan fingerprint density at radius 3 is 2.95 bits per heavy atom. The van der Waals surface area contributed by atoms with Gasteiger partial charge in [-0.05, 0) is 31.8 Å². The van der Waals surface area contributed by atoms with Gasteiger partial charge in [-0.1, -0.05) is 11.8 Å². The van der Waals surface area contributed by atoms with Crippen molar-refractivity contribution < 1.29 is 25.0 Å². The van der Waals surface area contributed by atoms with Gasteiger partial charge in [0.1, 0.15) is 6.10 Å². The highest BCUT2D eigenvalue weighted by Gasteiger charge is 2.45. The first-order chi connectivity index (χ1) is 9.99. The number of rotatable bonds is 6. The highest BCUT2D eigenvalue weighted by atomic mass is 16.6. The Morgan fingerprint density at radius 1 is 1.52 bits per heavy atom. The molecule has 6 nitrogen and oxygen atoms in total. The van der Waals surface area contributed by atoms with E-state index in [1.54, 1.807) is 6.92 Å². The van der Waals surface area contributed by atoms with Gasteiger partial charge in [0.15, 0.2) is 0 Å². The van der Waals surface area contributed by atoms with Crippen LogP contribution in [0.15, 0.2) is 11.3 Å². The first-order valence-electron chi connectivity index (χ1n) is 7.17. The van der Waals surface area contributed by atoms with Gasteiger partial charge in [-0.15, -0.1) is 0 Å². The van der Waals surface area contributed by atoms with Gasteiger partial charge in [-0.25, -0.2) is 0 Å². The summed E-state index contributed by atoms with van der Waals surface area (Å²) in [5.41, 5.74) is 4.95. The van der Waals surface area contributed by atoms with E-state index in [0.29, 0.717) is 19.4 Å². The number of aliphatic hydroxyl groups is 2. The van der Waals surface area contributed by atoms with Crippen LogP contribution in [0.4, 0.5) is 0 Å². The molecule has 1 fully saturated rings. The fourth-order valence-corrected chi connectivity index (χ4v) is 2.71. The quantitative estimate of drug-likeness (QED) is 0.322. The summed E-state index contributed by atoms with van der Waals surface area (Å²) in [4.78, 5) is 15.6. The van der Waals surface area contributed by atoms with Crippen LogP contribution in [0.2, 0.25) is 0 Å². The topological polar surface area (TPSA) is 99.0 Å². The van der Waals surface area contributed by atoms with Gasteiger partial charge in [0.25, 0.3) is 0 Å². The molecule has 0 aromatic heterocycles. The van der Waals surface area contributed by atoms with Gasteiger partial charge in [-0.2, -0.15) is 0 Å². The molecule has 4 N–H and O–H groups in total. The monoisotopic (exact) mass is 295 g/mol. The van der Waals surface area contributed by atoms with Crippen molar-refractivity contribution in [3.05, 3.63) is 11.3 Å². The van der Waals surface area contributed by atoms with Gasteiger partial charge >= 0.3 is 5.97 Å². The van der Waals surface area contributed by atoms with Gasteiger partial charge in [0, 0.05) is 18.0 Å². The van der Waals surface area contributed by atoms with Crippen molar-refractivity contribution in [2.75, 3.05) is 6.61 Å². The number of carbonyl (C=O) groups is 1. The highest BCUT2D eigenvalue weighted by molar-refractivity contribution is 5.66. The Labute approximate surface area is 123 Å². The van der Waals surface area contributed by atoms with Gasteiger partial charge in [-0.3, -0.25) is 15.1 Å². The van der Waals surface area contributed by atoms with Crippen LogP contribution in [0.1, 0.15) is 32.6 Å². The van der Waals surface area contributed by atoms with Crippen molar-refractivity contribution >= 4 is 5.97 Å². The summed E-state index contributed by atoms with van der Waals surface area (Å²) in [5.74, 6) is 4.77. The van der Waals surface area contributed by atoms with Gasteiger partial charge in [0.05, 0.1) is 18.6 Å². The molecular weight excluding hydrogens is 274 g/mol. The molecule has 0 aromatic rings. The Bertz CT molecular complexity index is 488. The number of aliphatic hydroxyl groups excluding tert-OH is 2. The molecule has 0 saturated heterocycles. The average molecular weight is 295 g/mol. The molecule has 0 radical (unpaired) electrons. The molecule has 0 aromatic carbocycles. The Morgan fingerprint density at radius 2 is 2.29 bits per heavy atom. The number of nitrogens with one attached hydrogen (secondary N) is 1. The van der Waals surface area contributed by atoms with Crippen LogP contribution in [0.3, 0.4) is 0 Å². The first kappa shape index (κ1) is 15.8. The maximum atomic E-state index is 10.4. The largest absolute Gasteiger partial charge is 0.481 e. The van der Waals surface area contributed by atoms with Crippen molar-refractivity contribution in [1.82, 2.24) is 5.48 Å². The van der Waals surface area contributed by atoms with Crippen molar-refractivity contribution in [1.29, 1.82) is 0 Å². The Kier molecular flexibility index (Phi) is 5.23. The number of aliphatic carboxylic acids is 1. The number of allylic oxidation sites excluding steroid dienone is 1. The van der Waals surface area contributed by atoms with Crippen LogP contribution in [0.25, 0.3) is 0 Å². The van der Waals surface area contributed by atoms with Crippen LogP contribution in [0, 0.1) is 23.7 Å². The molecule has 4 unspecified atom stereocenters. The van der Waals surface area contributed by atoms with Gasteiger partial charge in [0.2, 0.25) is 0 Å². The average Bonchev–Trinajstić information content (AvgIpc) is 2.63. The van der Waals surface area contributed by atoms with E-state index in [9.17, 15) is 9.90 Å². The molecule has 2 aliphatic carbocycles. The fraction of sp³-hybridized carbons (Fsp3) is 0.667. The summed E-state index contributed by atoms with van der Waals surface area (Å²) in [6, 6.07) is 0. The second-order valence-corrected chi connectivity index (χ2v) is 5.53. The van der Waals surface area contributed by atoms with Crippen molar-refractivity contribution in [2.45, 2.75) is 44.8 Å². The Hall–Kier alpha value is -1.55. The van der Waals surface area contributed by atoms with Crippen LogP contribution < -0.4 is 5.48 Å². The van der Waals surface area contributed by atoms with Crippen LogP contribution in [0.5, 0.6) is 0 Å². The zero-order valence-corrected chi connectivity index (χ0v) is 12.0. The third kappa shape index (κ3) is 3.97. The molecule has 4 atom stereocenters. The molecule has 0 heterocycles. The first-order valence-corrected chi connectivity index (χ1v) is 7.17. The third-order valence-electron chi connectivity index (χ3n) is 3.83. The lowest BCUT2D eigenvalue weighted by atomic mass is 9.83. The predicted octanol–water partition coefficient (Wildman–Crippen LogP) is 0.411. The summed E-state index contributed by atoms with van der Waals surface area (Å²) < 4.78 is 0. The molecule has 21 heavy (non-hydrogen) atoms. The van der Waals surface area contributed by atoms with E-state index >= 15 is 0 Å². The van der Waals surface area contributed by atoms with E-state index in [2.05, 4.69) is 17.3 Å². The van der Waals surface area contributed by atoms with Crippen LogP contribution in [-0.2, 0) is 9.63 Å². The number of hydrogen-bond donors (Lipinski definition) is 4.